The lowest BCUT2D eigenvalue weighted by atomic mass is 10.1. The summed E-state index contributed by atoms with van der Waals surface area (Å²) in [6, 6.07) is 5.53. The fourth-order valence-electron chi connectivity index (χ4n) is 3.17. The van der Waals surface area contributed by atoms with Gasteiger partial charge in [0.05, 0.1) is 19.8 Å². The van der Waals surface area contributed by atoms with Crippen LogP contribution in [-0.2, 0) is 16.0 Å². The fraction of sp³-hybridized carbons (Fsp3) is 0.474. The minimum Gasteiger partial charge on any atom is -0.497 e. The van der Waals surface area contributed by atoms with Crippen molar-refractivity contribution < 1.29 is 18.7 Å². The van der Waals surface area contributed by atoms with Crippen molar-refractivity contribution in [2.75, 3.05) is 26.7 Å². The van der Waals surface area contributed by atoms with Crippen molar-refractivity contribution in [3.05, 3.63) is 30.0 Å². The predicted octanol–water partition coefficient (Wildman–Crippen LogP) is 2.50. The molecule has 1 aromatic heterocycles. The smallest absolute Gasteiger partial charge is 0.224 e. The first-order chi connectivity index (χ1) is 12.2. The zero-order valence-electron chi connectivity index (χ0n) is 14.5. The normalized spacial score (nSPS) is 14.5. The van der Waals surface area contributed by atoms with E-state index >= 15 is 0 Å². The molecule has 1 aliphatic rings. The first-order valence-corrected chi connectivity index (χ1v) is 8.76. The molecule has 1 saturated heterocycles. The van der Waals surface area contributed by atoms with Crippen LogP contribution in [0, 0.1) is 0 Å². The molecule has 2 aromatic rings. The Balaban J connectivity index is 1.48. The number of rotatable bonds is 6. The number of fused-ring (bicyclic) bond motifs is 1. The predicted molar refractivity (Wildman–Crippen MR) is 94.5 cm³/mol. The van der Waals surface area contributed by atoms with Gasteiger partial charge in [-0.1, -0.05) is 0 Å². The highest BCUT2D eigenvalue weighted by atomic mass is 16.5. The van der Waals surface area contributed by atoms with E-state index in [2.05, 4.69) is 5.32 Å². The molecule has 1 fully saturated rings. The van der Waals surface area contributed by atoms with Gasteiger partial charge in [-0.15, -0.1) is 0 Å². The third-order valence-corrected chi connectivity index (χ3v) is 4.58. The molecule has 25 heavy (non-hydrogen) atoms. The maximum atomic E-state index is 12.1. The Morgan fingerprint density at radius 2 is 2.04 bits per heavy atom. The van der Waals surface area contributed by atoms with Gasteiger partial charge in [-0.05, 0) is 31.4 Å². The van der Waals surface area contributed by atoms with Gasteiger partial charge >= 0.3 is 0 Å². The van der Waals surface area contributed by atoms with Crippen LogP contribution in [0.5, 0.6) is 5.75 Å². The lowest BCUT2D eigenvalue weighted by molar-refractivity contribution is -0.132. The van der Waals surface area contributed by atoms with Gasteiger partial charge in [-0.25, -0.2) is 0 Å². The molecule has 6 heteroatoms. The van der Waals surface area contributed by atoms with Crippen molar-refractivity contribution in [1.82, 2.24) is 10.2 Å². The van der Waals surface area contributed by atoms with E-state index in [0.29, 0.717) is 24.3 Å². The first kappa shape index (κ1) is 17.3. The van der Waals surface area contributed by atoms with E-state index in [1.165, 1.54) is 6.42 Å². The molecular formula is C19H24N2O4. The zero-order chi connectivity index (χ0) is 17.6. The van der Waals surface area contributed by atoms with E-state index in [1.807, 2.05) is 17.0 Å². The van der Waals surface area contributed by atoms with E-state index in [9.17, 15) is 9.59 Å². The number of amides is 2. The summed E-state index contributed by atoms with van der Waals surface area (Å²) >= 11 is 0. The molecule has 2 heterocycles. The highest BCUT2D eigenvalue weighted by Gasteiger charge is 2.16. The number of hydrogen-bond acceptors (Lipinski definition) is 4. The Labute approximate surface area is 147 Å². The lowest BCUT2D eigenvalue weighted by Crippen LogP contribution is -2.38. The Bertz CT molecular complexity index is 747. The van der Waals surface area contributed by atoms with Gasteiger partial charge in [0.15, 0.2) is 0 Å². The molecular weight excluding hydrogens is 320 g/mol. The minimum absolute atomic E-state index is 0.107. The van der Waals surface area contributed by atoms with Crippen LogP contribution in [0.1, 0.15) is 31.2 Å². The van der Waals surface area contributed by atoms with Crippen LogP contribution < -0.4 is 10.1 Å². The molecule has 1 aliphatic heterocycles. The van der Waals surface area contributed by atoms with Crippen molar-refractivity contribution in [3.8, 4) is 5.75 Å². The minimum atomic E-state index is -0.107. The van der Waals surface area contributed by atoms with Crippen LogP contribution in [0.2, 0.25) is 0 Å². The standard InChI is InChI=1S/C19H24N2O4/c1-24-15-5-6-16-14(13-25-17(16)12-15)11-18(22)20-8-7-19(23)21-9-3-2-4-10-21/h5-6,12-13H,2-4,7-11H2,1H3,(H,20,22). The number of piperidine rings is 1. The van der Waals surface area contributed by atoms with Gasteiger partial charge in [0.25, 0.3) is 0 Å². The number of methoxy groups -OCH3 is 1. The highest BCUT2D eigenvalue weighted by molar-refractivity contribution is 5.88. The van der Waals surface area contributed by atoms with E-state index in [-0.39, 0.29) is 18.2 Å². The number of likely N-dealkylation sites (tertiary alicyclic amines) is 1. The third kappa shape index (κ3) is 4.32. The summed E-state index contributed by atoms with van der Waals surface area (Å²) in [7, 11) is 1.60. The number of nitrogens with one attached hydrogen (secondary N) is 1. The fourth-order valence-corrected chi connectivity index (χ4v) is 3.17. The second-order valence-electron chi connectivity index (χ2n) is 6.34. The van der Waals surface area contributed by atoms with Crippen molar-refractivity contribution in [2.24, 2.45) is 0 Å². The van der Waals surface area contributed by atoms with Gasteiger partial charge in [0.2, 0.25) is 11.8 Å². The number of hydrogen-bond donors (Lipinski definition) is 1. The molecule has 0 atom stereocenters. The van der Waals surface area contributed by atoms with Crippen molar-refractivity contribution >= 4 is 22.8 Å². The largest absolute Gasteiger partial charge is 0.497 e. The van der Waals surface area contributed by atoms with Crippen molar-refractivity contribution in [3.63, 3.8) is 0 Å². The SMILES string of the molecule is COc1ccc2c(CC(=O)NCCC(=O)N3CCCCC3)coc2c1. The number of furan rings is 1. The van der Waals surface area contributed by atoms with Crippen LogP contribution in [0.4, 0.5) is 0 Å². The second-order valence-corrected chi connectivity index (χ2v) is 6.34. The van der Waals surface area contributed by atoms with Crippen LogP contribution in [0.3, 0.4) is 0 Å². The summed E-state index contributed by atoms with van der Waals surface area (Å²) in [4.78, 5) is 26.1. The maximum Gasteiger partial charge on any atom is 0.224 e. The average Bonchev–Trinajstić information content (AvgIpc) is 3.04. The summed E-state index contributed by atoms with van der Waals surface area (Å²) in [6.07, 6.45) is 5.55. The Kier molecular flexibility index (Phi) is 5.58. The Morgan fingerprint density at radius 3 is 2.80 bits per heavy atom. The molecule has 0 bridgehead atoms. The molecule has 0 radical (unpaired) electrons. The van der Waals surface area contributed by atoms with Crippen molar-refractivity contribution in [2.45, 2.75) is 32.1 Å². The van der Waals surface area contributed by atoms with Gasteiger partial charge in [-0.3, -0.25) is 9.59 Å². The number of carbonyl (C=O) groups is 2. The van der Waals surface area contributed by atoms with Gasteiger partial charge in [-0.2, -0.15) is 0 Å². The number of benzene rings is 1. The quantitative estimate of drug-likeness (QED) is 0.874. The molecule has 134 valence electrons. The molecule has 3 rings (SSSR count). The number of ether oxygens (including phenoxy) is 1. The monoisotopic (exact) mass is 344 g/mol. The molecule has 1 aromatic carbocycles. The maximum absolute atomic E-state index is 12.1. The van der Waals surface area contributed by atoms with E-state index in [1.54, 1.807) is 19.4 Å². The molecule has 0 unspecified atom stereocenters. The molecule has 2 amide bonds. The molecule has 0 aliphatic carbocycles. The molecule has 0 spiro atoms. The number of carbonyl (C=O) groups excluding carboxylic acids is 2. The van der Waals surface area contributed by atoms with Crippen LogP contribution in [0.15, 0.2) is 28.9 Å². The first-order valence-electron chi connectivity index (χ1n) is 8.76. The van der Waals surface area contributed by atoms with Crippen LogP contribution in [-0.4, -0.2) is 43.5 Å². The van der Waals surface area contributed by atoms with E-state index < -0.39 is 0 Å². The van der Waals surface area contributed by atoms with Gasteiger partial charge < -0.3 is 19.4 Å². The second kappa shape index (κ2) is 8.05. The summed E-state index contributed by atoms with van der Waals surface area (Å²) in [6.45, 7) is 2.06. The van der Waals surface area contributed by atoms with Gasteiger partial charge in [0, 0.05) is 43.1 Å². The summed E-state index contributed by atoms with van der Waals surface area (Å²) < 4.78 is 10.7. The third-order valence-electron chi connectivity index (χ3n) is 4.58. The molecule has 1 N–H and O–H groups in total. The molecule has 0 saturated carbocycles. The molecule has 6 nitrogen and oxygen atoms in total. The van der Waals surface area contributed by atoms with Gasteiger partial charge in [0.1, 0.15) is 11.3 Å². The van der Waals surface area contributed by atoms with E-state index in [0.717, 1.165) is 36.9 Å². The lowest BCUT2D eigenvalue weighted by Gasteiger charge is -2.26. The topological polar surface area (TPSA) is 71.8 Å². The average molecular weight is 344 g/mol. The summed E-state index contributed by atoms with van der Waals surface area (Å²) in [5.74, 6) is 0.736. The van der Waals surface area contributed by atoms with Crippen LogP contribution >= 0.6 is 0 Å². The highest BCUT2D eigenvalue weighted by Crippen LogP contribution is 2.25. The summed E-state index contributed by atoms with van der Waals surface area (Å²) in [5, 5.41) is 3.73. The van der Waals surface area contributed by atoms with Crippen molar-refractivity contribution in [1.29, 1.82) is 0 Å². The summed E-state index contributed by atoms with van der Waals surface area (Å²) in [5.41, 5.74) is 1.53. The zero-order valence-corrected chi connectivity index (χ0v) is 14.5. The number of nitrogens with zero attached hydrogens (tertiary/aromatic N) is 1. The Hall–Kier alpha value is -2.50. The van der Waals surface area contributed by atoms with E-state index in [4.69, 9.17) is 9.15 Å². The van der Waals surface area contributed by atoms with Crippen LogP contribution in [0.25, 0.3) is 11.0 Å². The Morgan fingerprint density at radius 1 is 1.24 bits per heavy atom.